The molecule has 1 aliphatic heterocycles. The summed E-state index contributed by atoms with van der Waals surface area (Å²) in [7, 11) is 1.91. The van der Waals surface area contributed by atoms with Gasteiger partial charge in [-0.15, -0.1) is 0 Å². The van der Waals surface area contributed by atoms with Crippen molar-refractivity contribution in [2.24, 2.45) is 4.99 Å². The van der Waals surface area contributed by atoms with Gasteiger partial charge in [-0.2, -0.15) is 0 Å². The van der Waals surface area contributed by atoms with Crippen LogP contribution in [0.1, 0.15) is 45.4 Å². The predicted molar refractivity (Wildman–Crippen MR) is 100 cm³/mol. The normalized spacial score (nSPS) is 19.3. The second-order valence-corrected chi connectivity index (χ2v) is 6.74. The molecule has 4 nitrogen and oxygen atoms in total. The third-order valence-electron chi connectivity index (χ3n) is 4.95. The minimum atomic E-state index is 0.558. The number of hydrogen-bond donors (Lipinski definition) is 1. The van der Waals surface area contributed by atoms with Gasteiger partial charge in [-0.1, -0.05) is 0 Å². The molecule has 2 aromatic rings. The van der Waals surface area contributed by atoms with Gasteiger partial charge in [-0.25, -0.2) is 0 Å². The van der Waals surface area contributed by atoms with Crippen LogP contribution in [0.4, 0.5) is 0 Å². The molecule has 0 radical (unpaired) electrons. The second-order valence-electron chi connectivity index (χ2n) is 6.74. The third-order valence-corrected chi connectivity index (χ3v) is 4.95. The first-order valence-corrected chi connectivity index (χ1v) is 8.97. The van der Waals surface area contributed by atoms with Crippen molar-refractivity contribution in [1.82, 2.24) is 15.0 Å². The maximum atomic E-state index is 4.94. The van der Waals surface area contributed by atoms with Gasteiger partial charge in [0.05, 0.1) is 0 Å². The predicted octanol–water partition coefficient (Wildman–Crippen LogP) is 3.73. The maximum absolute atomic E-state index is 4.94. The Hall–Kier alpha value is -2.17. The van der Waals surface area contributed by atoms with Crippen molar-refractivity contribution in [2.75, 3.05) is 0 Å². The molecular formula is C19H23BN4. The van der Waals surface area contributed by atoms with Gasteiger partial charge in [0.25, 0.3) is 0 Å². The van der Waals surface area contributed by atoms with E-state index in [-0.39, 0.29) is 0 Å². The summed E-state index contributed by atoms with van der Waals surface area (Å²) in [5, 5.41) is 9.38. The Labute approximate surface area is 143 Å². The quantitative estimate of drug-likeness (QED) is 0.916. The molecule has 2 heterocycles. The number of fused-ring (bicyclic) bond motifs is 1. The number of para-hydroxylation sites is 1. The van der Waals surface area contributed by atoms with E-state index in [1.807, 2.05) is 23.9 Å². The summed E-state index contributed by atoms with van der Waals surface area (Å²) in [4.78, 5) is 4.94. The Kier molecular flexibility index (Phi) is 4.33. The van der Waals surface area contributed by atoms with Crippen LogP contribution in [-0.4, -0.2) is 28.6 Å². The van der Waals surface area contributed by atoms with Crippen molar-refractivity contribution in [3.05, 3.63) is 47.8 Å². The average Bonchev–Trinajstić information content (AvgIpc) is 2.95. The molecule has 0 spiro atoms. The molecule has 0 saturated heterocycles. The summed E-state index contributed by atoms with van der Waals surface area (Å²) in [6.45, 7) is 2.12. The van der Waals surface area contributed by atoms with Crippen LogP contribution in [0.15, 0.2) is 52.8 Å². The molecule has 2 aliphatic rings. The second kappa shape index (κ2) is 6.75. The molecule has 1 aliphatic carbocycles. The molecule has 1 N–H and O–H groups in total. The summed E-state index contributed by atoms with van der Waals surface area (Å²) in [6, 6.07) is 8.84. The fourth-order valence-electron chi connectivity index (χ4n) is 3.59. The number of rotatable bonds is 2. The van der Waals surface area contributed by atoms with Crippen molar-refractivity contribution in [2.45, 2.75) is 51.5 Å². The first-order valence-electron chi connectivity index (χ1n) is 8.97. The molecule has 5 heteroatoms. The van der Waals surface area contributed by atoms with Crippen molar-refractivity contribution >= 4 is 23.7 Å². The van der Waals surface area contributed by atoms with Gasteiger partial charge in [0.2, 0.25) is 0 Å². The molecular weight excluding hydrogens is 295 g/mol. The number of aliphatic imine (C=N–C) groups is 1. The molecule has 1 fully saturated rings. The van der Waals surface area contributed by atoms with E-state index in [0.29, 0.717) is 6.04 Å². The van der Waals surface area contributed by atoms with E-state index >= 15 is 0 Å². The molecule has 1 aromatic heterocycles. The van der Waals surface area contributed by atoms with Crippen molar-refractivity contribution in [3.63, 3.8) is 0 Å². The Balaban J connectivity index is 1.67. The van der Waals surface area contributed by atoms with E-state index in [4.69, 9.17) is 4.99 Å². The van der Waals surface area contributed by atoms with E-state index in [2.05, 4.69) is 41.5 Å². The van der Waals surface area contributed by atoms with Gasteiger partial charge in [0, 0.05) is 0 Å². The van der Waals surface area contributed by atoms with Crippen LogP contribution < -0.4 is 5.32 Å². The average molecular weight is 318 g/mol. The van der Waals surface area contributed by atoms with Crippen molar-refractivity contribution < 1.29 is 0 Å². The fourth-order valence-corrected chi connectivity index (χ4v) is 3.59. The van der Waals surface area contributed by atoms with E-state index in [0.717, 1.165) is 28.9 Å². The topological polar surface area (TPSA) is 42.2 Å². The summed E-state index contributed by atoms with van der Waals surface area (Å²) in [5.41, 5.74) is 2.27. The number of aromatic nitrogens is 2. The van der Waals surface area contributed by atoms with Crippen molar-refractivity contribution in [1.29, 1.82) is 0 Å². The van der Waals surface area contributed by atoms with Gasteiger partial charge < -0.3 is 0 Å². The Morgan fingerprint density at radius 3 is 2.83 bits per heavy atom. The summed E-state index contributed by atoms with van der Waals surface area (Å²) in [5.74, 6) is 1.91. The van der Waals surface area contributed by atoms with E-state index < -0.39 is 0 Å². The van der Waals surface area contributed by atoms with Crippen LogP contribution in [0.5, 0.6) is 0 Å². The van der Waals surface area contributed by atoms with Crippen LogP contribution >= 0.6 is 0 Å². The van der Waals surface area contributed by atoms with E-state index in [1.54, 1.807) is 0 Å². The number of nitrogens with one attached hydrogen (secondary N) is 1. The minimum absolute atomic E-state index is 0.558. The molecule has 1 aromatic carbocycles. The van der Waals surface area contributed by atoms with Crippen LogP contribution in [0.25, 0.3) is 10.8 Å². The molecule has 0 bridgehead atoms. The summed E-state index contributed by atoms with van der Waals surface area (Å²) in [6.07, 6.45) is 11.8. The molecule has 0 atom stereocenters. The van der Waals surface area contributed by atoms with E-state index in [1.165, 1.54) is 37.7 Å². The molecule has 24 heavy (non-hydrogen) atoms. The number of nitrogens with zero attached hydrogens (tertiary/aromatic N) is 3. The van der Waals surface area contributed by atoms with Crippen molar-refractivity contribution in [3.8, 4) is 0 Å². The zero-order chi connectivity index (χ0) is 16.4. The third kappa shape index (κ3) is 3.08. The van der Waals surface area contributed by atoms with E-state index in [9.17, 15) is 0 Å². The van der Waals surface area contributed by atoms with Crippen LogP contribution in [0, 0.1) is 0 Å². The Morgan fingerprint density at radius 1 is 1.12 bits per heavy atom. The van der Waals surface area contributed by atoms with Gasteiger partial charge >= 0.3 is 143 Å². The SMILES string of the molecule is CC1=CCC=C(NC2CCCCC2)N=C1n1nbc2ccccc21. The number of allylic oxidation sites excluding steroid dienone is 3. The Bertz CT molecular complexity index is 825. The summed E-state index contributed by atoms with van der Waals surface area (Å²) < 4.78 is 1.96. The van der Waals surface area contributed by atoms with Crippen LogP contribution in [0.2, 0.25) is 0 Å². The van der Waals surface area contributed by atoms with Gasteiger partial charge in [-0.05, 0) is 0 Å². The molecule has 122 valence electrons. The summed E-state index contributed by atoms with van der Waals surface area (Å²) >= 11 is 0. The van der Waals surface area contributed by atoms with Gasteiger partial charge in [0.1, 0.15) is 0 Å². The first kappa shape index (κ1) is 15.4. The van der Waals surface area contributed by atoms with Crippen LogP contribution in [-0.2, 0) is 0 Å². The molecule has 0 amide bonds. The molecule has 4 rings (SSSR count). The zero-order valence-electron chi connectivity index (χ0n) is 14.2. The first-order chi connectivity index (χ1) is 11.8. The zero-order valence-corrected chi connectivity index (χ0v) is 14.2. The molecule has 1 saturated carbocycles. The Morgan fingerprint density at radius 2 is 1.96 bits per heavy atom. The van der Waals surface area contributed by atoms with Gasteiger partial charge in [0.15, 0.2) is 0 Å². The molecule has 0 unspecified atom stereocenters. The van der Waals surface area contributed by atoms with Gasteiger partial charge in [-0.3, -0.25) is 0 Å². The van der Waals surface area contributed by atoms with Crippen LogP contribution in [0.3, 0.4) is 0 Å². The monoisotopic (exact) mass is 318 g/mol. The fraction of sp³-hybridized carbons (Fsp3) is 0.421. The standard InChI is InChI=1S/C19H23BN4/c1-14-8-7-13-18(21-15-9-3-2-4-10-15)22-19(14)24-17-12-6-5-11-16(17)20-23-24/h5-6,8,11-13,15,21H,2-4,7,9-10H2,1H3. The number of benzene rings is 1. The number of hydrogen-bond acceptors (Lipinski definition) is 3.